The van der Waals surface area contributed by atoms with E-state index in [4.69, 9.17) is 10.2 Å². The second-order valence-corrected chi connectivity index (χ2v) is 6.24. The lowest BCUT2D eigenvalue weighted by Gasteiger charge is -2.03. The Morgan fingerprint density at radius 1 is 0.458 bits per heavy atom. The van der Waals surface area contributed by atoms with Crippen LogP contribution in [-0.4, -0.2) is 22.2 Å². The number of rotatable bonds is 17. The summed E-state index contributed by atoms with van der Waals surface area (Å²) in [5.41, 5.74) is 0. The van der Waals surface area contributed by atoms with E-state index in [0.717, 1.165) is 25.7 Å². The standard InChI is InChI=1S/C18H34O4.C2H4/c19-17(20)15-13-11-9-7-5-3-1-2-4-6-8-10-12-14-16-18(21)22;1-2/h1-16H2,(H,19,20)(H,21,22);1-2H2. The van der Waals surface area contributed by atoms with Crippen molar-refractivity contribution in [2.24, 2.45) is 0 Å². The molecule has 0 aliphatic heterocycles. The van der Waals surface area contributed by atoms with Crippen molar-refractivity contribution in [3.8, 4) is 0 Å². The van der Waals surface area contributed by atoms with Crippen LogP contribution in [0, 0.1) is 0 Å². The molecule has 0 aliphatic rings. The van der Waals surface area contributed by atoms with Gasteiger partial charge in [0.05, 0.1) is 0 Å². The zero-order valence-electron chi connectivity index (χ0n) is 15.4. The van der Waals surface area contributed by atoms with Crippen LogP contribution in [-0.2, 0) is 9.59 Å². The fraction of sp³-hybridized carbons (Fsp3) is 0.800. The molecule has 0 saturated carbocycles. The summed E-state index contributed by atoms with van der Waals surface area (Å²) < 4.78 is 0. The summed E-state index contributed by atoms with van der Waals surface area (Å²) >= 11 is 0. The molecule has 0 spiro atoms. The molecule has 4 nitrogen and oxygen atoms in total. The van der Waals surface area contributed by atoms with E-state index in [0.29, 0.717) is 12.8 Å². The Bertz CT molecular complexity index is 261. The van der Waals surface area contributed by atoms with Crippen LogP contribution < -0.4 is 0 Å². The summed E-state index contributed by atoms with van der Waals surface area (Å²) in [6.07, 6.45) is 17.0. The molecule has 0 bridgehead atoms. The summed E-state index contributed by atoms with van der Waals surface area (Å²) in [5, 5.41) is 17.0. The van der Waals surface area contributed by atoms with Crippen molar-refractivity contribution in [2.75, 3.05) is 0 Å². The molecular formula is C20H38O4. The number of hydrogen-bond donors (Lipinski definition) is 2. The zero-order chi connectivity index (χ0) is 18.5. The first-order chi connectivity index (χ1) is 11.6. The highest BCUT2D eigenvalue weighted by molar-refractivity contribution is 5.66. The third-order valence-electron chi connectivity index (χ3n) is 4.03. The summed E-state index contributed by atoms with van der Waals surface area (Å²) in [7, 11) is 0. The van der Waals surface area contributed by atoms with Crippen LogP contribution in [0.3, 0.4) is 0 Å². The van der Waals surface area contributed by atoms with Gasteiger partial charge in [0, 0.05) is 12.8 Å². The maximum absolute atomic E-state index is 10.3. The van der Waals surface area contributed by atoms with Crippen LogP contribution in [0.25, 0.3) is 0 Å². The first-order valence-electron chi connectivity index (χ1n) is 9.56. The fourth-order valence-corrected chi connectivity index (χ4v) is 2.67. The average Bonchev–Trinajstić information content (AvgIpc) is 2.55. The molecule has 4 heteroatoms. The minimum atomic E-state index is -0.679. The van der Waals surface area contributed by atoms with E-state index in [-0.39, 0.29) is 0 Å². The van der Waals surface area contributed by atoms with Crippen LogP contribution in [0.1, 0.15) is 103 Å². The topological polar surface area (TPSA) is 74.6 Å². The number of carboxylic acid groups (broad SMARTS) is 2. The Hall–Kier alpha value is -1.32. The number of aliphatic carboxylic acids is 2. The van der Waals surface area contributed by atoms with Gasteiger partial charge in [0.2, 0.25) is 0 Å². The summed E-state index contributed by atoms with van der Waals surface area (Å²) in [5.74, 6) is -1.36. The smallest absolute Gasteiger partial charge is 0.303 e. The molecule has 24 heavy (non-hydrogen) atoms. The number of unbranched alkanes of at least 4 members (excludes halogenated alkanes) is 13. The lowest BCUT2D eigenvalue weighted by atomic mass is 10.0. The number of hydrogen-bond acceptors (Lipinski definition) is 2. The molecule has 0 aliphatic carbocycles. The van der Waals surface area contributed by atoms with Crippen molar-refractivity contribution in [3.63, 3.8) is 0 Å². The highest BCUT2D eigenvalue weighted by Gasteiger charge is 1.98. The van der Waals surface area contributed by atoms with Crippen LogP contribution in [0.15, 0.2) is 13.2 Å². The van der Waals surface area contributed by atoms with E-state index in [2.05, 4.69) is 13.2 Å². The van der Waals surface area contributed by atoms with Gasteiger partial charge in [0.15, 0.2) is 0 Å². The molecule has 0 radical (unpaired) electrons. The molecule has 2 N–H and O–H groups in total. The van der Waals surface area contributed by atoms with Gasteiger partial charge in [-0.2, -0.15) is 0 Å². The van der Waals surface area contributed by atoms with E-state index < -0.39 is 11.9 Å². The SMILES string of the molecule is C=C.O=C(O)CCCCCCCCCCCCCCCCC(=O)O. The first-order valence-corrected chi connectivity index (χ1v) is 9.56. The molecule has 0 unspecified atom stereocenters. The maximum atomic E-state index is 10.3. The van der Waals surface area contributed by atoms with Gasteiger partial charge in [-0.3, -0.25) is 9.59 Å². The van der Waals surface area contributed by atoms with Crippen LogP contribution in [0.2, 0.25) is 0 Å². The van der Waals surface area contributed by atoms with E-state index in [1.807, 2.05) is 0 Å². The summed E-state index contributed by atoms with van der Waals surface area (Å²) in [4.78, 5) is 20.7. The Morgan fingerprint density at radius 2 is 0.625 bits per heavy atom. The zero-order valence-corrected chi connectivity index (χ0v) is 15.4. The van der Waals surface area contributed by atoms with E-state index in [1.165, 1.54) is 64.2 Å². The molecule has 0 aromatic carbocycles. The van der Waals surface area contributed by atoms with Gasteiger partial charge in [-0.05, 0) is 12.8 Å². The lowest BCUT2D eigenvalue weighted by molar-refractivity contribution is -0.138. The van der Waals surface area contributed by atoms with Gasteiger partial charge in [-0.25, -0.2) is 0 Å². The van der Waals surface area contributed by atoms with Crippen molar-refractivity contribution in [2.45, 2.75) is 103 Å². The van der Waals surface area contributed by atoms with Gasteiger partial charge in [-0.15, -0.1) is 13.2 Å². The molecule has 0 amide bonds. The Kier molecular flexibility index (Phi) is 22.5. The average molecular weight is 343 g/mol. The molecule has 0 aromatic rings. The largest absolute Gasteiger partial charge is 0.481 e. The normalized spacial score (nSPS) is 10.0. The molecule has 142 valence electrons. The second-order valence-electron chi connectivity index (χ2n) is 6.24. The number of carboxylic acids is 2. The third-order valence-corrected chi connectivity index (χ3v) is 4.03. The van der Waals surface area contributed by atoms with Gasteiger partial charge in [0.1, 0.15) is 0 Å². The monoisotopic (exact) mass is 342 g/mol. The molecule has 0 heterocycles. The van der Waals surface area contributed by atoms with Crippen molar-refractivity contribution >= 4 is 11.9 Å². The summed E-state index contributed by atoms with van der Waals surface area (Å²) in [6.45, 7) is 6.00. The third kappa shape index (κ3) is 25.6. The minimum Gasteiger partial charge on any atom is -0.481 e. The Labute approximate surface area is 148 Å². The van der Waals surface area contributed by atoms with Crippen molar-refractivity contribution in [3.05, 3.63) is 13.2 Å². The molecule has 0 fully saturated rings. The maximum Gasteiger partial charge on any atom is 0.303 e. The Balaban J connectivity index is 0. The van der Waals surface area contributed by atoms with Gasteiger partial charge in [0.25, 0.3) is 0 Å². The van der Waals surface area contributed by atoms with Crippen molar-refractivity contribution in [1.82, 2.24) is 0 Å². The van der Waals surface area contributed by atoms with E-state index in [1.54, 1.807) is 0 Å². The highest BCUT2D eigenvalue weighted by Crippen LogP contribution is 2.13. The van der Waals surface area contributed by atoms with Crippen molar-refractivity contribution < 1.29 is 19.8 Å². The van der Waals surface area contributed by atoms with Crippen LogP contribution in [0.4, 0.5) is 0 Å². The first kappa shape index (κ1) is 24.9. The molecule has 0 aromatic heterocycles. The molecular weight excluding hydrogens is 304 g/mol. The molecule has 0 saturated heterocycles. The fourth-order valence-electron chi connectivity index (χ4n) is 2.67. The van der Waals surface area contributed by atoms with Crippen LogP contribution >= 0.6 is 0 Å². The van der Waals surface area contributed by atoms with Crippen LogP contribution in [0.5, 0.6) is 0 Å². The van der Waals surface area contributed by atoms with Gasteiger partial charge in [-0.1, -0.05) is 77.0 Å². The Morgan fingerprint density at radius 3 is 0.792 bits per heavy atom. The highest BCUT2D eigenvalue weighted by atomic mass is 16.4. The predicted molar refractivity (Wildman–Crippen MR) is 100 cm³/mol. The predicted octanol–water partition coefficient (Wildman–Crippen LogP) is 6.20. The van der Waals surface area contributed by atoms with Gasteiger partial charge >= 0.3 is 11.9 Å². The lowest BCUT2D eigenvalue weighted by Crippen LogP contribution is -1.93. The molecule has 0 atom stereocenters. The second kappa shape index (κ2) is 21.7. The summed E-state index contributed by atoms with van der Waals surface area (Å²) in [6, 6.07) is 0. The minimum absolute atomic E-state index is 0.316. The molecule has 0 rings (SSSR count). The van der Waals surface area contributed by atoms with Crippen molar-refractivity contribution in [1.29, 1.82) is 0 Å². The number of carbonyl (C=O) groups is 2. The van der Waals surface area contributed by atoms with E-state index >= 15 is 0 Å². The van der Waals surface area contributed by atoms with Gasteiger partial charge < -0.3 is 10.2 Å². The quantitative estimate of drug-likeness (QED) is 0.244. The van der Waals surface area contributed by atoms with E-state index in [9.17, 15) is 9.59 Å².